The minimum Gasteiger partial charge on any atom is -0.481 e. The second kappa shape index (κ2) is 5.44. The van der Waals surface area contributed by atoms with E-state index in [1.807, 2.05) is 4.90 Å². The molecule has 0 spiro atoms. The normalized spacial score (nSPS) is 17.9. The zero-order valence-electron chi connectivity index (χ0n) is 9.90. The van der Waals surface area contributed by atoms with Gasteiger partial charge in [-0.25, -0.2) is 8.78 Å². The molecule has 0 atom stereocenters. The maximum Gasteiger partial charge on any atom is 0.306 e. The SMILES string of the molecule is O=C(O)C1CCN(Cc2cc(F)ccc2F)CC1. The topological polar surface area (TPSA) is 40.5 Å². The minimum atomic E-state index is -0.772. The van der Waals surface area contributed by atoms with Crippen LogP contribution in [-0.4, -0.2) is 29.1 Å². The number of carboxylic acid groups (broad SMARTS) is 1. The summed E-state index contributed by atoms with van der Waals surface area (Å²) in [7, 11) is 0. The van der Waals surface area contributed by atoms with Gasteiger partial charge in [-0.2, -0.15) is 0 Å². The number of carboxylic acids is 1. The molecule has 1 aromatic carbocycles. The Labute approximate surface area is 104 Å². The number of likely N-dealkylation sites (tertiary alicyclic amines) is 1. The van der Waals surface area contributed by atoms with Gasteiger partial charge in [0, 0.05) is 12.1 Å². The van der Waals surface area contributed by atoms with Crippen molar-refractivity contribution in [1.82, 2.24) is 4.90 Å². The Morgan fingerprint density at radius 1 is 1.33 bits per heavy atom. The van der Waals surface area contributed by atoms with Gasteiger partial charge in [0.2, 0.25) is 0 Å². The molecule has 1 aliphatic rings. The molecule has 0 amide bonds. The third kappa shape index (κ3) is 3.04. The third-order valence-electron chi connectivity index (χ3n) is 3.34. The highest BCUT2D eigenvalue weighted by Crippen LogP contribution is 2.20. The maximum atomic E-state index is 13.4. The van der Waals surface area contributed by atoms with Crippen molar-refractivity contribution in [3.8, 4) is 0 Å². The predicted molar refractivity (Wildman–Crippen MR) is 62.0 cm³/mol. The number of piperidine rings is 1. The van der Waals surface area contributed by atoms with Crippen LogP contribution in [0.4, 0.5) is 8.78 Å². The number of hydrogen-bond acceptors (Lipinski definition) is 2. The van der Waals surface area contributed by atoms with Crippen LogP contribution in [0, 0.1) is 17.6 Å². The van der Waals surface area contributed by atoms with Crippen molar-refractivity contribution >= 4 is 5.97 Å². The van der Waals surface area contributed by atoms with Crippen molar-refractivity contribution in [2.75, 3.05) is 13.1 Å². The van der Waals surface area contributed by atoms with Crippen LogP contribution in [0.3, 0.4) is 0 Å². The molecule has 18 heavy (non-hydrogen) atoms. The number of benzene rings is 1. The molecule has 0 radical (unpaired) electrons. The van der Waals surface area contributed by atoms with Gasteiger partial charge < -0.3 is 5.11 Å². The lowest BCUT2D eigenvalue weighted by atomic mass is 9.97. The molecule has 98 valence electrons. The average molecular weight is 255 g/mol. The first-order valence-electron chi connectivity index (χ1n) is 5.95. The standard InChI is InChI=1S/C13H15F2NO2/c14-11-1-2-12(15)10(7-11)8-16-5-3-9(4-6-16)13(17)18/h1-2,7,9H,3-6,8H2,(H,17,18). The van der Waals surface area contributed by atoms with Crippen molar-refractivity contribution in [3.63, 3.8) is 0 Å². The van der Waals surface area contributed by atoms with E-state index in [9.17, 15) is 13.6 Å². The number of carbonyl (C=O) groups is 1. The van der Waals surface area contributed by atoms with E-state index < -0.39 is 17.6 Å². The summed E-state index contributed by atoms with van der Waals surface area (Å²) >= 11 is 0. The van der Waals surface area contributed by atoms with E-state index in [0.717, 1.165) is 12.1 Å². The summed E-state index contributed by atoms with van der Waals surface area (Å²) in [6.07, 6.45) is 1.12. The first-order chi connectivity index (χ1) is 8.56. The highest BCUT2D eigenvalue weighted by molar-refractivity contribution is 5.70. The van der Waals surface area contributed by atoms with Gasteiger partial charge in [-0.1, -0.05) is 0 Å². The molecule has 0 aromatic heterocycles. The summed E-state index contributed by atoms with van der Waals surface area (Å²) in [4.78, 5) is 12.7. The Bertz CT molecular complexity index is 443. The second-order valence-electron chi connectivity index (χ2n) is 4.62. The van der Waals surface area contributed by atoms with Gasteiger partial charge in [-0.3, -0.25) is 9.69 Å². The fraction of sp³-hybridized carbons (Fsp3) is 0.462. The molecule has 1 heterocycles. The van der Waals surface area contributed by atoms with Crippen LogP contribution >= 0.6 is 0 Å². The number of aliphatic carboxylic acids is 1. The number of hydrogen-bond donors (Lipinski definition) is 1. The van der Waals surface area contributed by atoms with Crippen LogP contribution in [0.15, 0.2) is 18.2 Å². The molecule has 3 nitrogen and oxygen atoms in total. The van der Waals surface area contributed by atoms with Gasteiger partial charge in [-0.05, 0) is 44.1 Å². The fourth-order valence-electron chi connectivity index (χ4n) is 2.24. The van der Waals surface area contributed by atoms with E-state index in [1.165, 1.54) is 6.07 Å². The smallest absolute Gasteiger partial charge is 0.306 e. The zero-order valence-corrected chi connectivity index (χ0v) is 9.90. The van der Waals surface area contributed by atoms with Crippen molar-refractivity contribution in [3.05, 3.63) is 35.4 Å². The molecule has 0 bridgehead atoms. The predicted octanol–water partition coefficient (Wildman–Crippen LogP) is 2.26. The second-order valence-corrected chi connectivity index (χ2v) is 4.62. The molecule has 0 aliphatic carbocycles. The van der Waals surface area contributed by atoms with E-state index in [0.29, 0.717) is 38.0 Å². The van der Waals surface area contributed by atoms with Gasteiger partial charge in [-0.15, -0.1) is 0 Å². The molecule has 5 heteroatoms. The van der Waals surface area contributed by atoms with Crippen molar-refractivity contribution < 1.29 is 18.7 Å². The van der Waals surface area contributed by atoms with Crippen LogP contribution in [0.2, 0.25) is 0 Å². The molecule has 0 saturated carbocycles. The molecule has 1 aliphatic heterocycles. The highest BCUT2D eigenvalue weighted by atomic mass is 19.1. The van der Waals surface area contributed by atoms with E-state index in [4.69, 9.17) is 5.11 Å². The van der Waals surface area contributed by atoms with E-state index in [1.54, 1.807) is 0 Å². The molecule has 1 fully saturated rings. The van der Waals surface area contributed by atoms with Crippen LogP contribution in [0.5, 0.6) is 0 Å². The molecule has 1 saturated heterocycles. The fourth-order valence-corrected chi connectivity index (χ4v) is 2.24. The van der Waals surface area contributed by atoms with Crippen LogP contribution in [0.1, 0.15) is 18.4 Å². The summed E-state index contributed by atoms with van der Waals surface area (Å²) in [5.41, 5.74) is 0.323. The van der Waals surface area contributed by atoms with Gasteiger partial charge in [0.05, 0.1) is 5.92 Å². The van der Waals surface area contributed by atoms with E-state index in [2.05, 4.69) is 0 Å². The quantitative estimate of drug-likeness (QED) is 0.900. The Morgan fingerprint density at radius 2 is 2.00 bits per heavy atom. The summed E-state index contributed by atoms with van der Waals surface area (Å²) in [6.45, 7) is 1.54. The van der Waals surface area contributed by atoms with Crippen LogP contribution in [-0.2, 0) is 11.3 Å². The van der Waals surface area contributed by atoms with Crippen molar-refractivity contribution in [2.45, 2.75) is 19.4 Å². The summed E-state index contributed by atoms with van der Waals surface area (Å²) in [5.74, 6) is -1.95. The average Bonchev–Trinajstić information content (AvgIpc) is 2.34. The van der Waals surface area contributed by atoms with Gasteiger partial charge in [0.25, 0.3) is 0 Å². The summed E-state index contributed by atoms with van der Waals surface area (Å²) in [5, 5.41) is 8.87. The number of nitrogens with zero attached hydrogens (tertiary/aromatic N) is 1. The summed E-state index contributed by atoms with van der Waals surface area (Å²) in [6, 6.07) is 3.41. The van der Waals surface area contributed by atoms with Crippen LogP contribution in [0.25, 0.3) is 0 Å². The summed E-state index contributed by atoms with van der Waals surface area (Å²) < 4.78 is 26.4. The molecule has 1 aromatic rings. The largest absolute Gasteiger partial charge is 0.481 e. The number of rotatable bonds is 3. The Kier molecular flexibility index (Phi) is 3.91. The van der Waals surface area contributed by atoms with E-state index >= 15 is 0 Å². The first-order valence-corrected chi connectivity index (χ1v) is 5.95. The van der Waals surface area contributed by atoms with Crippen molar-refractivity contribution in [2.24, 2.45) is 5.92 Å². The lowest BCUT2D eigenvalue weighted by Crippen LogP contribution is -2.36. The highest BCUT2D eigenvalue weighted by Gasteiger charge is 2.24. The molecule has 2 rings (SSSR count). The minimum absolute atomic E-state index is 0.307. The third-order valence-corrected chi connectivity index (χ3v) is 3.34. The lowest BCUT2D eigenvalue weighted by Gasteiger charge is -2.30. The zero-order chi connectivity index (χ0) is 13.1. The Hall–Kier alpha value is -1.49. The molecular formula is C13H15F2NO2. The molecule has 1 N–H and O–H groups in total. The van der Waals surface area contributed by atoms with Crippen LogP contribution < -0.4 is 0 Å². The first kappa shape index (κ1) is 13.0. The van der Waals surface area contributed by atoms with Crippen molar-refractivity contribution in [1.29, 1.82) is 0 Å². The maximum absolute atomic E-state index is 13.4. The Morgan fingerprint density at radius 3 is 2.61 bits per heavy atom. The monoisotopic (exact) mass is 255 g/mol. The molecule has 0 unspecified atom stereocenters. The molecular weight excluding hydrogens is 240 g/mol. The Balaban J connectivity index is 1.95. The lowest BCUT2D eigenvalue weighted by molar-refractivity contribution is -0.143. The van der Waals surface area contributed by atoms with Gasteiger partial charge in [0.1, 0.15) is 11.6 Å². The van der Waals surface area contributed by atoms with Gasteiger partial charge >= 0.3 is 5.97 Å². The van der Waals surface area contributed by atoms with Gasteiger partial charge in [0.15, 0.2) is 0 Å². The number of halogens is 2. The van der Waals surface area contributed by atoms with E-state index in [-0.39, 0.29) is 5.92 Å².